The highest BCUT2D eigenvalue weighted by Crippen LogP contribution is 2.33. The van der Waals surface area contributed by atoms with Crippen LogP contribution in [-0.2, 0) is 4.74 Å². The van der Waals surface area contributed by atoms with Gasteiger partial charge in [-0.3, -0.25) is 0 Å². The average Bonchev–Trinajstić information content (AvgIpc) is 2.27. The van der Waals surface area contributed by atoms with Crippen molar-refractivity contribution in [1.82, 2.24) is 0 Å². The molecule has 1 unspecified atom stereocenters. The van der Waals surface area contributed by atoms with Crippen LogP contribution in [0, 0.1) is 0 Å². The molecule has 80 valence electrons. The van der Waals surface area contributed by atoms with Gasteiger partial charge in [0.15, 0.2) is 0 Å². The first-order valence-electron chi connectivity index (χ1n) is 5.62. The lowest BCUT2D eigenvalue weighted by molar-refractivity contribution is 0.133. The van der Waals surface area contributed by atoms with E-state index in [-0.39, 0.29) is 6.10 Å². The van der Waals surface area contributed by atoms with Gasteiger partial charge in [-0.1, -0.05) is 24.3 Å². The standard InChI is InChI=1S/C15H14O/c1-10-7-14-8-12-5-3-4-6-13(12)9-15(14)11(2)16-10/h3-9,11H,1-2H3. The number of ether oxygens (including phenoxy) is 1. The number of fused-ring (bicyclic) bond motifs is 2. The van der Waals surface area contributed by atoms with Crippen molar-refractivity contribution in [1.29, 1.82) is 0 Å². The fourth-order valence-electron chi connectivity index (χ4n) is 2.35. The number of hydrogen-bond acceptors (Lipinski definition) is 1. The second kappa shape index (κ2) is 3.38. The second-order valence-electron chi connectivity index (χ2n) is 4.34. The van der Waals surface area contributed by atoms with Crippen LogP contribution in [0.15, 0.2) is 42.2 Å². The van der Waals surface area contributed by atoms with Crippen molar-refractivity contribution in [2.24, 2.45) is 0 Å². The average molecular weight is 210 g/mol. The molecule has 2 aromatic carbocycles. The van der Waals surface area contributed by atoms with E-state index in [1.807, 2.05) is 6.92 Å². The summed E-state index contributed by atoms with van der Waals surface area (Å²) < 4.78 is 5.72. The highest BCUT2D eigenvalue weighted by Gasteiger charge is 2.16. The second-order valence-corrected chi connectivity index (χ2v) is 4.34. The molecule has 0 saturated heterocycles. The zero-order valence-corrected chi connectivity index (χ0v) is 9.53. The molecule has 1 atom stereocenters. The maximum absolute atomic E-state index is 5.72. The summed E-state index contributed by atoms with van der Waals surface area (Å²) in [4.78, 5) is 0. The van der Waals surface area contributed by atoms with Crippen LogP contribution in [-0.4, -0.2) is 0 Å². The fraction of sp³-hybridized carbons (Fsp3) is 0.200. The molecular weight excluding hydrogens is 196 g/mol. The molecule has 2 aromatic rings. The zero-order valence-electron chi connectivity index (χ0n) is 9.53. The summed E-state index contributed by atoms with van der Waals surface area (Å²) in [6.45, 7) is 4.11. The van der Waals surface area contributed by atoms with Crippen LogP contribution in [0.2, 0.25) is 0 Å². The molecule has 1 heteroatoms. The molecule has 0 fully saturated rings. The van der Waals surface area contributed by atoms with Gasteiger partial charge in [-0.25, -0.2) is 0 Å². The first-order valence-corrected chi connectivity index (χ1v) is 5.62. The summed E-state index contributed by atoms with van der Waals surface area (Å²) in [7, 11) is 0. The summed E-state index contributed by atoms with van der Waals surface area (Å²) in [5.74, 6) is 0.996. The molecule has 0 amide bonds. The number of allylic oxidation sites excluding steroid dienone is 1. The summed E-state index contributed by atoms with van der Waals surface area (Å²) >= 11 is 0. The van der Waals surface area contributed by atoms with E-state index < -0.39 is 0 Å². The van der Waals surface area contributed by atoms with Gasteiger partial charge in [0, 0.05) is 5.56 Å². The highest BCUT2D eigenvalue weighted by molar-refractivity contribution is 5.86. The maximum Gasteiger partial charge on any atom is 0.121 e. The molecule has 0 saturated carbocycles. The Labute approximate surface area is 95.4 Å². The number of rotatable bonds is 0. The van der Waals surface area contributed by atoms with Gasteiger partial charge in [-0.05, 0) is 48.4 Å². The summed E-state index contributed by atoms with van der Waals surface area (Å²) in [5, 5.41) is 2.57. The van der Waals surface area contributed by atoms with Gasteiger partial charge >= 0.3 is 0 Å². The monoisotopic (exact) mass is 210 g/mol. The third-order valence-corrected chi connectivity index (χ3v) is 3.11. The SMILES string of the molecule is CC1=Cc2cc3ccccc3cc2C(C)O1. The Morgan fingerprint density at radius 3 is 2.50 bits per heavy atom. The Morgan fingerprint density at radius 1 is 1.06 bits per heavy atom. The maximum atomic E-state index is 5.72. The minimum atomic E-state index is 0.157. The van der Waals surface area contributed by atoms with Crippen LogP contribution in [0.4, 0.5) is 0 Å². The summed E-state index contributed by atoms with van der Waals surface area (Å²) in [6, 6.07) is 12.9. The van der Waals surface area contributed by atoms with Crippen molar-refractivity contribution < 1.29 is 4.74 Å². The Balaban J connectivity index is 2.31. The normalized spacial score (nSPS) is 18.9. The molecule has 0 aromatic heterocycles. The van der Waals surface area contributed by atoms with Crippen molar-refractivity contribution in [3.63, 3.8) is 0 Å². The van der Waals surface area contributed by atoms with E-state index in [2.05, 4.69) is 49.4 Å². The van der Waals surface area contributed by atoms with Gasteiger partial charge in [0.1, 0.15) is 6.10 Å². The van der Waals surface area contributed by atoms with Gasteiger partial charge in [-0.15, -0.1) is 0 Å². The number of hydrogen-bond donors (Lipinski definition) is 0. The fourth-order valence-corrected chi connectivity index (χ4v) is 2.35. The van der Waals surface area contributed by atoms with Gasteiger partial charge in [-0.2, -0.15) is 0 Å². The van der Waals surface area contributed by atoms with Crippen molar-refractivity contribution in [2.45, 2.75) is 20.0 Å². The lowest BCUT2D eigenvalue weighted by atomic mass is 9.96. The van der Waals surface area contributed by atoms with Gasteiger partial charge in [0.05, 0.1) is 5.76 Å². The predicted molar refractivity (Wildman–Crippen MR) is 67.1 cm³/mol. The van der Waals surface area contributed by atoms with Crippen molar-refractivity contribution in [3.8, 4) is 0 Å². The molecule has 1 nitrogen and oxygen atoms in total. The van der Waals surface area contributed by atoms with Crippen molar-refractivity contribution in [2.75, 3.05) is 0 Å². The molecule has 1 aliphatic heterocycles. The molecule has 0 bridgehead atoms. The molecule has 1 aliphatic rings. The van der Waals surface area contributed by atoms with E-state index in [0.29, 0.717) is 0 Å². The van der Waals surface area contributed by atoms with Crippen LogP contribution in [0.5, 0.6) is 0 Å². The van der Waals surface area contributed by atoms with E-state index in [0.717, 1.165) is 5.76 Å². The van der Waals surface area contributed by atoms with E-state index in [1.54, 1.807) is 0 Å². The molecule has 1 heterocycles. The zero-order chi connectivity index (χ0) is 11.1. The minimum absolute atomic E-state index is 0.157. The number of benzene rings is 2. The van der Waals surface area contributed by atoms with E-state index in [9.17, 15) is 0 Å². The predicted octanol–water partition coefficient (Wildman–Crippen LogP) is 4.29. The first kappa shape index (κ1) is 9.46. The molecule has 3 rings (SSSR count). The molecule has 16 heavy (non-hydrogen) atoms. The lowest BCUT2D eigenvalue weighted by Gasteiger charge is -2.23. The first-order chi connectivity index (χ1) is 7.74. The van der Waals surface area contributed by atoms with E-state index in [1.165, 1.54) is 21.9 Å². The summed E-state index contributed by atoms with van der Waals surface area (Å²) in [6.07, 6.45) is 2.27. The van der Waals surface area contributed by atoms with E-state index in [4.69, 9.17) is 4.74 Å². The van der Waals surface area contributed by atoms with Crippen LogP contribution in [0.3, 0.4) is 0 Å². The van der Waals surface area contributed by atoms with Crippen LogP contribution in [0.1, 0.15) is 31.1 Å². The highest BCUT2D eigenvalue weighted by atomic mass is 16.5. The third kappa shape index (κ3) is 1.40. The van der Waals surface area contributed by atoms with Gasteiger partial charge in [0.2, 0.25) is 0 Å². The Morgan fingerprint density at radius 2 is 1.75 bits per heavy atom. The van der Waals surface area contributed by atoms with Crippen molar-refractivity contribution >= 4 is 16.8 Å². The van der Waals surface area contributed by atoms with E-state index >= 15 is 0 Å². The van der Waals surface area contributed by atoms with Crippen LogP contribution in [0.25, 0.3) is 16.8 Å². The van der Waals surface area contributed by atoms with Gasteiger partial charge in [0.25, 0.3) is 0 Å². The molecule has 0 N–H and O–H groups in total. The smallest absolute Gasteiger partial charge is 0.121 e. The largest absolute Gasteiger partial charge is 0.491 e. The quantitative estimate of drug-likeness (QED) is 0.630. The molecular formula is C15H14O. The van der Waals surface area contributed by atoms with Crippen LogP contribution < -0.4 is 0 Å². The molecule has 0 radical (unpaired) electrons. The molecule has 0 spiro atoms. The Kier molecular flexibility index (Phi) is 2.00. The third-order valence-electron chi connectivity index (χ3n) is 3.11. The van der Waals surface area contributed by atoms with Crippen LogP contribution >= 0.6 is 0 Å². The molecule has 0 aliphatic carbocycles. The van der Waals surface area contributed by atoms with Gasteiger partial charge < -0.3 is 4.74 Å². The Hall–Kier alpha value is -1.76. The lowest BCUT2D eigenvalue weighted by Crippen LogP contribution is -2.05. The minimum Gasteiger partial charge on any atom is -0.491 e. The van der Waals surface area contributed by atoms with Crippen molar-refractivity contribution in [3.05, 3.63) is 53.3 Å². The summed E-state index contributed by atoms with van der Waals surface area (Å²) in [5.41, 5.74) is 2.57. The topological polar surface area (TPSA) is 9.23 Å². The Bertz CT molecular complexity index is 581.